The van der Waals surface area contributed by atoms with Gasteiger partial charge in [0.1, 0.15) is 23.3 Å². The molecule has 0 atom stereocenters. The summed E-state index contributed by atoms with van der Waals surface area (Å²) >= 11 is 0. The van der Waals surface area contributed by atoms with E-state index in [0.717, 1.165) is 47.2 Å². The van der Waals surface area contributed by atoms with Crippen LogP contribution < -0.4 is 0 Å². The van der Waals surface area contributed by atoms with Crippen molar-refractivity contribution < 1.29 is 18.0 Å². The molecule has 1 N–H and O–H groups in total. The summed E-state index contributed by atoms with van der Waals surface area (Å²) in [5.41, 5.74) is 5.19. The van der Waals surface area contributed by atoms with Gasteiger partial charge >= 0.3 is 6.18 Å². The monoisotopic (exact) mass is 566 g/mol. The van der Waals surface area contributed by atoms with Crippen LogP contribution >= 0.6 is 0 Å². The molecule has 0 bridgehead atoms. The summed E-state index contributed by atoms with van der Waals surface area (Å²) in [4.78, 5) is 20.8. The number of nitrogens with one attached hydrogen (secondary N) is 1. The van der Waals surface area contributed by atoms with Gasteiger partial charge in [0.15, 0.2) is 0 Å². The summed E-state index contributed by atoms with van der Waals surface area (Å²) in [5.74, 6) is 0.0408. The zero-order valence-electron chi connectivity index (χ0n) is 23.4. The van der Waals surface area contributed by atoms with Crippen LogP contribution in [0.15, 0.2) is 36.8 Å². The van der Waals surface area contributed by atoms with Gasteiger partial charge in [0.05, 0.1) is 25.4 Å². The number of aromatic nitrogens is 5. The molecule has 3 aromatic heterocycles. The lowest BCUT2D eigenvalue weighted by molar-refractivity contribution is -0.134. The van der Waals surface area contributed by atoms with Crippen molar-refractivity contribution in [3.63, 3.8) is 0 Å². The average Bonchev–Trinajstić information content (AvgIpc) is 3.68. The number of likely N-dealkylation sites (tertiary alicyclic amines) is 1. The van der Waals surface area contributed by atoms with Gasteiger partial charge in [-0.05, 0) is 43.0 Å². The molecular weight excluding hydrogens is 533 g/mol. The van der Waals surface area contributed by atoms with E-state index in [-0.39, 0.29) is 18.4 Å². The second kappa shape index (κ2) is 11.4. The Morgan fingerprint density at radius 1 is 1.20 bits per heavy atom. The second-order valence-electron chi connectivity index (χ2n) is 10.9. The Balaban J connectivity index is 1.32. The highest BCUT2D eigenvalue weighted by Crippen LogP contribution is 2.31. The van der Waals surface area contributed by atoms with Gasteiger partial charge in [0, 0.05) is 68.9 Å². The predicted molar refractivity (Wildman–Crippen MR) is 147 cm³/mol. The number of nitrogens with zero attached hydrogens (tertiary/aromatic N) is 7. The summed E-state index contributed by atoms with van der Waals surface area (Å²) in [6.45, 7) is 4.81. The van der Waals surface area contributed by atoms with E-state index in [2.05, 4.69) is 45.2 Å². The molecule has 4 heterocycles. The third kappa shape index (κ3) is 6.00. The largest absolute Gasteiger partial charge is 0.389 e. The number of nitriles is 1. The van der Waals surface area contributed by atoms with Crippen LogP contribution in [0.1, 0.15) is 64.0 Å². The molecule has 1 aliphatic rings. The van der Waals surface area contributed by atoms with E-state index in [1.54, 1.807) is 24.9 Å². The van der Waals surface area contributed by atoms with Gasteiger partial charge in [-0.3, -0.25) is 14.8 Å². The van der Waals surface area contributed by atoms with Crippen LogP contribution in [0.4, 0.5) is 13.2 Å². The SMILES string of the molecule is Cc1c(CN2CCC(n3c(C(=O)N(C)C)cnc3CCC(F)(F)F)CC2)ccc2c1cc(C#N)n2Cc1cn[nH]c1. The van der Waals surface area contributed by atoms with Crippen molar-refractivity contribution >= 4 is 16.8 Å². The summed E-state index contributed by atoms with van der Waals surface area (Å²) in [6.07, 6.45) is 0.854. The molecule has 1 aromatic carbocycles. The lowest BCUT2D eigenvalue weighted by atomic mass is 10.0. The molecule has 216 valence electrons. The van der Waals surface area contributed by atoms with Crippen molar-refractivity contribution in [1.82, 2.24) is 34.1 Å². The Morgan fingerprint density at radius 3 is 2.59 bits per heavy atom. The highest BCUT2D eigenvalue weighted by Gasteiger charge is 2.31. The van der Waals surface area contributed by atoms with Gasteiger partial charge in [-0.1, -0.05) is 6.07 Å². The van der Waals surface area contributed by atoms with Crippen molar-refractivity contribution in [2.45, 2.75) is 57.9 Å². The van der Waals surface area contributed by atoms with Gasteiger partial charge in [0.2, 0.25) is 0 Å². The number of H-pyrrole nitrogens is 1. The quantitative estimate of drug-likeness (QED) is 0.330. The topological polar surface area (TPSA) is 98.8 Å². The Labute approximate surface area is 236 Å². The predicted octanol–water partition coefficient (Wildman–Crippen LogP) is 4.82. The summed E-state index contributed by atoms with van der Waals surface area (Å²) in [6, 6.07) is 8.31. The van der Waals surface area contributed by atoms with E-state index >= 15 is 0 Å². The maximum atomic E-state index is 13.0. The van der Waals surface area contributed by atoms with Gasteiger partial charge in [0.25, 0.3) is 5.91 Å². The Bertz CT molecular complexity index is 1570. The number of imidazole rings is 1. The number of aryl methyl sites for hydroxylation is 2. The van der Waals surface area contributed by atoms with E-state index < -0.39 is 12.6 Å². The molecule has 1 aliphatic heterocycles. The van der Waals surface area contributed by atoms with Crippen LogP contribution in [-0.4, -0.2) is 73.4 Å². The van der Waals surface area contributed by atoms with Crippen molar-refractivity contribution in [2.75, 3.05) is 27.2 Å². The van der Waals surface area contributed by atoms with Crippen molar-refractivity contribution in [1.29, 1.82) is 5.26 Å². The fraction of sp³-hybridized carbons (Fsp3) is 0.448. The third-order valence-corrected chi connectivity index (χ3v) is 7.92. The highest BCUT2D eigenvalue weighted by atomic mass is 19.4. The summed E-state index contributed by atoms with van der Waals surface area (Å²) in [7, 11) is 3.25. The Morgan fingerprint density at radius 2 is 1.95 bits per heavy atom. The molecule has 0 saturated carbocycles. The molecule has 1 amide bonds. The van der Waals surface area contributed by atoms with Crippen LogP contribution in [0.3, 0.4) is 0 Å². The first-order chi connectivity index (χ1) is 19.6. The van der Waals surface area contributed by atoms with Gasteiger partial charge in [-0.2, -0.15) is 23.5 Å². The number of carbonyl (C=O) groups excluding carboxylic acids is 1. The Kier molecular flexibility index (Phi) is 7.91. The minimum atomic E-state index is -4.29. The molecular formula is C29H33F3N8O. The number of hydrogen-bond acceptors (Lipinski definition) is 5. The molecule has 0 aliphatic carbocycles. The molecule has 1 fully saturated rings. The lowest BCUT2D eigenvalue weighted by Gasteiger charge is -2.34. The number of hydrogen-bond donors (Lipinski definition) is 1. The molecule has 12 heteroatoms. The fourth-order valence-corrected chi connectivity index (χ4v) is 5.71. The standard InChI is InChI=1S/C29H33F3N8O/c1-19-21(4-5-25-24(19)12-23(13-33)39(25)17-20-14-35-36-15-20)18-38-10-7-22(8-11-38)40-26(28(41)37(2)3)16-34-27(40)6-9-29(30,31)32/h4-5,12,14-16,22H,6-11,17-18H2,1-3H3,(H,35,36). The van der Waals surface area contributed by atoms with Crippen LogP contribution in [-0.2, 0) is 19.5 Å². The number of alkyl halides is 3. The maximum absolute atomic E-state index is 13.0. The highest BCUT2D eigenvalue weighted by molar-refractivity contribution is 5.92. The minimum absolute atomic E-state index is 0.102. The smallest absolute Gasteiger partial charge is 0.343 e. The normalized spacial score (nSPS) is 15.0. The molecule has 0 unspecified atom stereocenters. The minimum Gasteiger partial charge on any atom is -0.343 e. The zero-order valence-corrected chi connectivity index (χ0v) is 23.4. The molecule has 41 heavy (non-hydrogen) atoms. The molecule has 1 saturated heterocycles. The third-order valence-electron chi connectivity index (χ3n) is 7.92. The number of rotatable bonds is 8. The molecule has 0 radical (unpaired) electrons. The Hall–Kier alpha value is -4.11. The zero-order chi connectivity index (χ0) is 29.3. The van der Waals surface area contributed by atoms with Crippen LogP contribution in [0.2, 0.25) is 0 Å². The summed E-state index contributed by atoms with van der Waals surface area (Å²) in [5, 5.41) is 17.6. The first kappa shape index (κ1) is 28.4. The first-order valence-electron chi connectivity index (χ1n) is 13.6. The number of carbonyl (C=O) groups is 1. The molecule has 4 aromatic rings. The number of halogens is 3. The number of piperidine rings is 1. The number of fused-ring (bicyclic) bond motifs is 1. The second-order valence-corrected chi connectivity index (χ2v) is 10.9. The molecule has 0 spiro atoms. The van der Waals surface area contributed by atoms with Crippen molar-refractivity contribution in [2.24, 2.45) is 0 Å². The van der Waals surface area contributed by atoms with Gasteiger partial charge < -0.3 is 14.0 Å². The van der Waals surface area contributed by atoms with Crippen LogP contribution in [0.5, 0.6) is 0 Å². The average molecular weight is 567 g/mol. The van der Waals surface area contributed by atoms with Crippen LogP contribution in [0, 0.1) is 18.3 Å². The molecule has 9 nitrogen and oxygen atoms in total. The van der Waals surface area contributed by atoms with E-state index in [1.165, 1.54) is 11.1 Å². The van der Waals surface area contributed by atoms with E-state index in [4.69, 9.17) is 0 Å². The van der Waals surface area contributed by atoms with Crippen molar-refractivity contribution in [3.05, 3.63) is 70.7 Å². The number of amides is 1. The van der Waals surface area contributed by atoms with E-state index in [9.17, 15) is 23.2 Å². The molecule has 5 rings (SSSR count). The van der Waals surface area contributed by atoms with Crippen LogP contribution in [0.25, 0.3) is 10.9 Å². The first-order valence-corrected chi connectivity index (χ1v) is 13.6. The number of aromatic amines is 1. The lowest BCUT2D eigenvalue weighted by Crippen LogP contribution is -2.36. The van der Waals surface area contributed by atoms with Gasteiger partial charge in [-0.15, -0.1) is 0 Å². The number of benzene rings is 1. The van der Waals surface area contributed by atoms with E-state index in [1.807, 2.05) is 16.8 Å². The van der Waals surface area contributed by atoms with Gasteiger partial charge in [-0.25, -0.2) is 4.98 Å². The summed E-state index contributed by atoms with van der Waals surface area (Å²) < 4.78 is 42.7. The van der Waals surface area contributed by atoms with Crippen molar-refractivity contribution in [3.8, 4) is 6.07 Å². The maximum Gasteiger partial charge on any atom is 0.389 e. The fourth-order valence-electron chi connectivity index (χ4n) is 5.71. The van der Waals surface area contributed by atoms with E-state index in [0.29, 0.717) is 36.6 Å².